The van der Waals surface area contributed by atoms with E-state index in [-0.39, 0.29) is 29.5 Å². The molecule has 24 heavy (non-hydrogen) atoms. The average molecular weight is 452 g/mol. The van der Waals surface area contributed by atoms with Gasteiger partial charge in [-0.15, -0.1) is 24.0 Å². The van der Waals surface area contributed by atoms with Gasteiger partial charge in [-0.2, -0.15) is 0 Å². The summed E-state index contributed by atoms with van der Waals surface area (Å²) in [6, 6.07) is 3.65. The number of aryl methyl sites for hydroxylation is 1. The van der Waals surface area contributed by atoms with Crippen molar-refractivity contribution in [2.24, 2.45) is 4.99 Å². The molecule has 3 N–H and O–H groups in total. The fourth-order valence-electron chi connectivity index (χ4n) is 1.82. The van der Waals surface area contributed by atoms with Crippen molar-refractivity contribution in [2.45, 2.75) is 45.8 Å². The highest BCUT2D eigenvalue weighted by atomic mass is 127. The Hall–Kier alpha value is -0.800. The Labute approximate surface area is 163 Å². The quantitative estimate of drug-likeness (QED) is 0.337. The summed E-state index contributed by atoms with van der Waals surface area (Å²) >= 11 is 0. The van der Waals surface area contributed by atoms with Crippen LogP contribution in [0.1, 0.15) is 39.2 Å². The molecular weight excluding hydrogens is 419 g/mol. The highest BCUT2D eigenvalue weighted by molar-refractivity contribution is 14.0. The zero-order chi connectivity index (χ0) is 17.7. The summed E-state index contributed by atoms with van der Waals surface area (Å²) in [5.74, 6) is 2.02. The number of aliphatic hydroxyl groups is 1. The van der Waals surface area contributed by atoms with E-state index in [1.54, 1.807) is 13.0 Å². The number of aliphatic imine (C=N–C) groups is 1. The highest BCUT2D eigenvalue weighted by Crippen LogP contribution is 2.21. The molecule has 0 amide bonds. The molecule has 1 aromatic rings. The molecule has 0 fully saturated rings. The fourth-order valence-corrected chi connectivity index (χ4v) is 1.82. The maximum atomic E-state index is 10.6. The van der Waals surface area contributed by atoms with Crippen molar-refractivity contribution in [3.05, 3.63) is 23.7 Å². The molecule has 1 heterocycles. The number of nitrogens with zero attached hydrogens (tertiary/aromatic N) is 2. The third kappa shape index (κ3) is 6.98. The van der Waals surface area contributed by atoms with Crippen molar-refractivity contribution in [3.63, 3.8) is 0 Å². The molecule has 6 nitrogen and oxygen atoms in total. The molecule has 0 aliphatic rings. The molecule has 0 aliphatic heterocycles. The number of halogens is 1. The largest absolute Gasteiger partial charge is 0.463 e. The number of likely N-dealkylation sites (N-methyl/N-ethyl adjacent to an activating group) is 1. The molecule has 0 spiro atoms. The Morgan fingerprint density at radius 3 is 2.33 bits per heavy atom. The van der Waals surface area contributed by atoms with Crippen molar-refractivity contribution in [1.29, 1.82) is 0 Å². The van der Waals surface area contributed by atoms with Gasteiger partial charge in [0.05, 0.1) is 13.1 Å². The molecule has 1 atom stereocenters. The third-order valence-electron chi connectivity index (χ3n) is 4.05. The predicted molar refractivity (Wildman–Crippen MR) is 110 cm³/mol. The van der Waals surface area contributed by atoms with Crippen LogP contribution in [0.2, 0.25) is 0 Å². The minimum atomic E-state index is -1.10. The van der Waals surface area contributed by atoms with Crippen molar-refractivity contribution in [1.82, 2.24) is 15.5 Å². The summed E-state index contributed by atoms with van der Waals surface area (Å²) in [5.41, 5.74) is -1.13. The lowest BCUT2D eigenvalue weighted by atomic mass is 10.0. The number of nitrogens with one attached hydrogen (secondary N) is 2. The first-order valence-corrected chi connectivity index (χ1v) is 8.07. The van der Waals surface area contributed by atoms with E-state index in [0.29, 0.717) is 24.8 Å². The van der Waals surface area contributed by atoms with E-state index in [1.165, 1.54) is 0 Å². The standard InChI is InChI=1S/C17H32N4O2.HI/c1-8-18-15(19-11-16(3,4)21(6)7)20-12-17(5,22)14-10-9-13(2)23-14;/h9-10,22H,8,11-12H2,1-7H3,(H2,18,19,20);1H. The summed E-state index contributed by atoms with van der Waals surface area (Å²) in [6.45, 7) is 11.6. The highest BCUT2D eigenvalue weighted by Gasteiger charge is 2.27. The van der Waals surface area contributed by atoms with Crippen LogP contribution in [0.25, 0.3) is 0 Å². The van der Waals surface area contributed by atoms with Crippen LogP contribution in [-0.4, -0.2) is 55.2 Å². The van der Waals surface area contributed by atoms with Crippen molar-refractivity contribution in [2.75, 3.05) is 33.7 Å². The summed E-state index contributed by atoms with van der Waals surface area (Å²) in [6.07, 6.45) is 0. The molecule has 1 aromatic heterocycles. The molecule has 0 aliphatic carbocycles. The van der Waals surface area contributed by atoms with E-state index in [2.05, 4.69) is 34.4 Å². The minimum absolute atomic E-state index is 0. The SMILES string of the molecule is CCNC(=NCC(C)(C)N(C)C)NCC(C)(O)c1ccc(C)o1.I. The number of hydrogen-bond donors (Lipinski definition) is 3. The molecule has 1 unspecified atom stereocenters. The number of furan rings is 1. The predicted octanol–water partition coefficient (Wildman–Crippen LogP) is 2.31. The Bertz CT molecular complexity index is 524. The van der Waals surface area contributed by atoms with Gasteiger partial charge in [-0.3, -0.25) is 4.99 Å². The van der Waals surface area contributed by atoms with Crippen LogP contribution in [0.15, 0.2) is 21.5 Å². The van der Waals surface area contributed by atoms with Crippen LogP contribution in [0, 0.1) is 6.92 Å². The van der Waals surface area contributed by atoms with Gasteiger partial charge in [0, 0.05) is 12.1 Å². The van der Waals surface area contributed by atoms with Crippen LogP contribution in [0.5, 0.6) is 0 Å². The van der Waals surface area contributed by atoms with E-state index in [9.17, 15) is 5.11 Å². The van der Waals surface area contributed by atoms with Gasteiger partial charge in [0.25, 0.3) is 0 Å². The van der Waals surface area contributed by atoms with Gasteiger partial charge in [-0.1, -0.05) is 0 Å². The normalized spacial score (nSPS) is 15.0. The van der Waals surface area contributed by atoms with Crippen LogP contribution in [0.4, 0.5) is 0 Å². The van der Waals surface area contributed by atoms with Gasteiger partial charge < -0.3 is 25.1 Å². The lowest BCUT2D eigenvalue weighted by Gasteiger charge is -2.31. The number of rotatable bonds is 7. The Morgan fingerprint density at radius 2 is 1.88 bits per heavy atom. The molecule has 0 saturated heterocycles. The zero-order valence-electron chi connectivity index (χ0n) is 15.9. The van der Waals surface area contributed by atoms with Crippen LogP contribution in [0.3, 0.4) is 0 Å². The van der Waals surface area contributed by atoms with Crippen molar-refractivity contribution >= 4 is 29.9 Å². The monoisotopic (exact) mass is 452 g/mol. The average Bonchev–Trinajstić information content (AvgIpc) is 2.89. The van der Waals surface area contributed by atoms with Crippen LogP contribution < -0.4 is 10.6 Å². The maximum absolute atomic E-state index is 10.6. The summed E-state index contributed by atoms with van der Waals surface area (Å²) in [5, 5.41) is 17.0. The van der Waals surface area contributed by atoms with Crippen molar-refractivity contribution < 1.29 is 9.52 Å². The third-order valence-corrected chi connectivity index (χ3v) is 4.05. The van der Waals surface area contributed by atoms with E-state index in [1.807, 2.05) is 34.0 Å². The van der Waals surface area contributed by atoms with Crippen molar-refractivity contribution in [3.8, 4) is 0 Å². The van der Waals surface area contributed by atoms with E-state index >= 15 is 0 Å². The molecule has 1 rings (SSSR count). The van der Waals surface area contributed by atoms with Crippen LogP contribution in [-0.2, 0) is 5.60 Å². The first-order chi connectivity index (χ1) is 10.6. The molecule has 0 aromatic carbocycles. The molecule has 140 valence electrons. The van der Waals surface area contributed by atoms with Gasteiger partial charge in [-0.05, 0) is 60.8 Å². The first kappa shape index (κ1) is 23.2. The van der Waals surface area contributed by atoms with Gasteiger partial charge in [0.2, 0.25) is 0 Å². The summed E-state index contributed by atoms with van der Waals surface area (Å²) < 4.78 is 5.53. The van der Waals surface area contributed by atoms with Gasteiger partial charge >= 0.3 is 0 Å². The Morgan fingerprint density at radius 1 is 1.25 bits per heavy atom. The van der Waals surface area contributed by atoms with Gasteiger partial charge in [-0.25, -0.2) is 0 Å². The zero-order valence-corrected chi connectivity index (χ0v) is 18.3. The second-order valence-corrected chi connectivity index (χ2v) is 6.94. The first-order valence-electron chi connectivity index (χ1n) is 8.07. The second-order valence-electron chi connectivity index (χ2n) is 6.94. The number of guanidine groups is 1. The van der Waals surface area contributed by atoms with Crippen LogP contribution >= 0.6 is 24.0 Å². The number of hydrogen-bond acceptors (Lipinski definition) is 4. The van der Waals surface area contributed by atoms with Gasteiger partial charge in [0.15, 0.2) is 5.96 Å². The summed E-state index contributed by atoms with van der Waals surface area (Å²) in [7, 11) is 4.08. The Kier molecular flexibility index (Phi) is 9.30. The topological polar surface area (TPSA) is 73.0 Å². The smallest absolute Gasteiger partial charge is 0.191 e. The van der Waals surface area contributed by atoms with Gasteiger partial charge in [0.1, 0.15) is 17.1 Å². The lowest BCUT2D eigenvalue weighted by Crippen LogP contribution is -2.46. The lowest BCUT2D eigenvalue weighted by molar-refractivity contribution is 0.0377. The maximum Gasteiger partial charge on any atom is 0.191 e. The fraction of sp³-hybridized carbons (Fsp3) is 0.706. The minimum Gasteiger partial charge on any atom is -0.463 e. The molecule has 0 saturated carbocycles. The Balaban J connectivity index is 0.00000529. The molecule has 7 heteroatoms. The van der Waals surface area contributed by atoms with E-state index in [4.69, 9.17) is 4.42 Å². The van der Waals surface area contributed by atoms with E-state index in [0.717, 1.165) is 12.3 Å². The summed E-state index contributed by atoms with van der Waals surface area (Å²) in [4.78, 5) is 6.76. The molecular formula is C17H33IN4O2. The van der Waals surface area contributed by atoms with E-state index < -0.39 is 5.60 Å². The molecule has 0 bridgehead atoms. The molecule has 0 radical (unpaired) electrons. The second kappa shape index (κ2) is 9.62.